The van der Waals surface area contributed by atoms with Gasteiger partial charge in [0, 0.05) is 0 Å². The number of hydrogen-bond donors (Lipinski definition) is 2. The fourth-order valence-electron chi connectivity index (χ4n) is 1.29. The molecule has 58 valence electrons. The van der Waals surface area contributed by atoms with Crippen LogP contribution in [-0.2, 0) is 9.68 Å². The zero-order chi connectivity index (χ0) is 7.61. The average molecular weight is 146 g/mol. The highest BCUT2D eigenvalue weighted by Crippen LogP contribution is 2.32. The van der Waals surface area contributed by atoms with E-state index in [1.54, 1.807) is 0 Å². The van der Waals surface area contributed by atoms with Crippen LogP contribution in [0.2, 0.25) is 0 Å². The lowest BCUT2D eigenvalue weighted by Gasteiger charge is -2.18. The lowest BCUT2D eigenvalue weighted by molar-refractivity contribution is -0.315. The molecule has 1 aliphatic carbocycles. The smallest absolute Gasteiger partial charge is 0.339 e. The van der Waals surface area contributed by atoms with Crippen LogP contribution in [0.4, 0.5) is 0 Å². The second-order valence-corrected chi connectivity index (χ2v) is 2.60. The Morgan fingerprint density at radius 1 is 1.40 bits per heavy atom. The third-order valence-corrected chi connectivity index (χ3v) is 1.98. The van der Waals surface area contributed by atoms with Gasteiger partial charge in [0.15, 0.2) is 5.60 Å². The van der Waals surface area contributed by atoms with Crippen molar-refractivity contribution in [2.75, 3.05) is 0 Å². The molecule has 4 heteroatoms. The van der Waals surface area contributed by atoms with Crippen LogP contribution < -0.4 is 0 Å². The van der Waals surface area contributed by atoms with Gasteiger partial charge in [-0.25, -0.2) is 9.68 Å². The van der Waals surface area contributed by atoms with Gasteiger partial charge in [-0.05, 0) is 25.7 Å². The Morgan fingerprint density at radius 2 is 1.90 bits per heavy atom. The molecule has 1 saturated carbocycles. The Hall–Kier alpha value is -0.610. The summed E-state index contributed by atoms with van der Waals surface area (Å²) < 4.78 is 0. The molecule has 0 atom stereocenters. The monoisotopic (exact) mass is 146 g/mol. The molecule has 1 fully saturated rings. The zero-order valence-corrected chi connectivity index (χ0v) is 5.54. The second-order valence-electron chi connectivity index (χ2n) is 2.60. The molecule has 0 spiro atoms. The maximum Gasteiger partial charge on any atom is 0.339 e. The Labute approximate surface area is 58.4 Å². The van der Waals surface area contributed by atoms with Crippen molar-refractivity contribution in [3.8, 4) is 0 Å². The molecule has 0 amide bonds. The highest BCUT2D eigenvalue weighted by molar-refractivity contribution is 5.77. The van der Waals surface area contributed by atoms with Crippen molar-refractivity contribution in [2.45, 2.75) is 31.3 Å². The summed E-state index contributed by atoms with van der Waals surface area (Å²) in [6, 6.07) is 0. The van der Waals surface area contributed by atoms with Gasteiger partial charge < -0.3 is 5.11 Å². The number of carbonyl (C=O) groups is 1. The van der Waals surface area contributed by atoms with Crippen LogP contribution in [0.5, 0.6) is 0 Å². The predicted molar refractivity (Wildman–Crippen MR) is 32.5 cm³/mol. The van der Waals surface area contributed by atoms with E-state index in [9.17, 15) is 4.79 Å². The molecule has 1 aliphatic rings. The van der Waals surface area contributed by atoms with E-state index >= 15 is 0 Å². The Kier molecular flexibility index (Phi) is 1.92. The van der Waals surface area contributed by atoms with Crippen LogP contribution in [0, 0.1) is 0 Å². The largest absolute Gasteiger partial charge is 0.479 e. The van der Waals surface area contributed by atoms with Gasteiger partial charge in [-0.3, -0.25) is 5.26 Å². The molecule has 0 aromatic rings. The molecular weight excluding hydrogens is 136 g/mol. The highest BCUT2D eigenvalue weighted by Gasteiger charge is 2.43. The van der Waals surface area contributed by atoms with Gasteiger partial charge in [0.25, 0.3) is 0 Å². The summed E-state index contributed by atoms with van der Waals surface area (Å²) >= 11 is 0. The van der Waals surface area contributed by atoms with Crippen molar-refractivity contribution in [1.29, 1.82) is 0 Å². The van der Waals surface area contributed by atoms with Gasteiger partial charge in [-0.1, -0.05) is 0 Å². The Bertz CT molecular complexity index is 137. The van der Waals surface area contributed by atoms with Crippen LogP contribution in [0.15, 0.2) is 0 Å². The second kappa shape index (κ2) is 2.56. The fourth-order valence-corrected chi connectivity index (χ4v) is 1.29. The van der Waals surface area contributed by atoms with Crippen LogP contribution in [0.25, 0.3) is 0 Å². The molecule has 0 radical (unpaired) electrons. The lowest BCUT2D eigenvalue weighted by atomic mass is 10.0. The molecule has 0 aromatic heterocycles. The highest BCUT2D eigenvalue weighted by atomic mass is 17.1. The first-order valence-electron chi connectivity index (χ1n) is 3.27. The number of aliphatic carboxylic acids is 1. The minimum Gasteiger partial charge on any atom is -0.479 e. The van der Waals surface area contributed by atoms with Crippen LogP contribution in [0.3, 0.4) is 0 Å². The van der Waals surface area contributed by atoms with E-state index in [1.807, 2.05) is 0 Å². The number of rotatable bonds is 2. The van der Waals surface area contributed by atoms with Crippen molar-refractivity contribution in [1.82, 2.24) is 0 Å². The minimum absolute atomic E-state index is 0.416. The molecule has 0 heterocycles. The van der Waals surface area contributed by atoms with E-state index < -0.39 is 11.6 Å². The normalized spacial score (nSPS) is 22.9. The molecular formula is C6H10O4. The predicted octanol–water partition coefficient (Wildman–Crippen LogP) is 0.873. The summed E-state index contributed by atoms with van der Waals surface area (Å²) in [5, 5.41) is 16.9. The summed E-state index contributed by atoms with van der Waals surface area (Å²) in [5.41, 5.74) is -1.29. The Morgan fingerprint density at radius 3 is 2.10 bits per heavy atom. The van der Waals surface area contributed by atoms with Crippen molar-refractivity contribution in [3.05, 3.63) is 0 Å². The maximum absolute atomic E-state index is 10.5. The number of carboxylic acids is 1. The Balaban J connectivity index is 2.67. The first kappa shape index (κ1) is 7.50. The van der Waals surface area contributed by atoms with Gasteiger partial charge in [-0.15, -0.1) is 0 Å². The topological polar surface area (TPSA) is 66.8 Å². The van der Waals surface area contributed by atoms with E-state index in [-0.39, 0.29) is 0 Å². The van der Waals surface area contributed by atoms with E-state index in [0.717, 1.165) is 12.8 Å². The van der Waals surface area contributed by atoms with Crippen LogP contribution in [-0.4, -0.2) is 21.9 Å². The van der Waals surface area contributed by atoms with Gasteiger partial charge in [0.1, 0.15) is 0 Å². The molecule has 4 nitrogen and oxygen atoms in total. The summed E-state index contributed by atoms with van der Waals surface area (Å²) in [7, 11) is 0. The molecule has 0 aliphatic heterocycles. The number of hydrogen-bond acceptors (Lipinski definition) is 3. The van der Waals surface area contributed by atoms with Crippen molar-refractivity contribution >= 4 is 5.97 Å². The molecule has 2 N–H and O–H groups in total. The first-order chi connectivity index (χ1) is 4.71. The van der Waals surface area contributed by atoms with E-state index in [2.05, 4.69) is 4.89 Å². The number of carboxylic acid groups (broad SMARTS) is 1. The van der Waals surface area contributed by atoms with E-state index in [4.69, 9.17) is 10.4 Å². The SMILES string of the molecule is O=C(O)C1(OO)CCCC1. The maximum atomic E-state index is 10.5. The van der Waals surface area contributed by atoms with Gasteiger partial charge in [0.05, 0.1) is 0 Å². The summed E-state index contributed by atoms with van der Waals surface area (Å²) in [5.74, 6) is -1.06. The van der Waals surface area contributed by atoms with Gasteiger partial charge in [-0.2, -0.15) is 0 Å². The minimum atomic E-state index is -1.29. The molecule has 0 bridgehead atoms. The van der Waals surface area contributed by atoms with Gasteiger partial charge in [0.2, 0.25) is 0 Å². The quantitative estimate of drug-likeness (QED) is 0.448. The molecule has 10 heavy (non-hydrogen) atoms. The third-order valence-electron chi connectivity index (χ3n) is 1.98. The summed E-state index contributed by atoms with van der Waals surface area (Å²) in [6.07, 6.45) is 2.46. The van der Waals surface area contributed by atoms with Gasteiger partial charge >= 0.3 is 5.97 Å². The molecule has 1 rings (SSSR count). The van der Waals surface area contributed by atoms with Crippen molar-refractivity contribution in [2.24, 2.45) is 0 Å². The zero-order valence-electron chi connectivity index (χ0n) is 5.54. The van der Waals surface area contributed by atoms with Crippen molar-refractivity contribution in [3.63, 3.8) is 0 Å². The van der Waals surface area contributed by atoms with Crippen LogP contribution >= 0.6 is 0 Å². The first-order valence-corrected chi connectivity index (χ1v) is 3.27. The average Bonchev–Trinajstić information content (AvgIpc) is 2.35. The van der Waals surface area contributed by atoms with E-state index in [1.165, 1.54) is 0 Å². The molecule has 0 aromatic carbocycles. The lowest BCUT2D eigenvalue weighted by Crippen LogP contribution is -2.37. The third kappa shape index (κ3) is 0.998. The summed E-state index contributed by atoms with van der Waals surface area (Å²) in [6.45, 7) is 0. The van der Waals surface area contributed by atoms with E-state index in [0.29, 0.717) is 12.8 Å². The standard InChI is InChI=1S/C6H10O4/c7-5(8)6(10-9)3-1-2-4-6/h9H,1-4H2,(H,7,8). The van der Waals surface area contributed by atoms with Crippen molar-refractivity contribution < 1.29 is 20.0 Å². The molecule has 0 unspecified atom stereocenters. The fraction of sp³-hybridized carbons (Fsp3) is 0.833. The summed E-state index contributed by atoms with van der Waals surface area (Å²) in [4.78, 5) is 14.4. The van der Waals surface area contributed by atoms with Crippen LogP contribution in [0.1, 0.15) is 25.7 Å². The molecule has 0 saturated heterocycles.